The molecule has 1 aliphatic carbocycles. The van der Waals surface area contributed by atoms with Crippen molar-refractivity contribution in [3.8, 4) is 11.4 Å². The molecule has 0 bridgehead atoms. The van der Waals surface area contributed by atoms with Crippen LogP contribution in [0.3, 0.4) is 0 Å². The van der Waals surface area contributed by atoms with E-state index in [9.17, 15) is 13.2 Å². The summed E-state index contributed by atoms with van der Waals surface area (Å²) in [4.78, 5) is 21.5. The Labute approximate surface area is 221 Å². The summed E-state index contributed by atoms with van der Waals surface area (Å²) in [5, 5.41) is 10.8. The van der Waals surface area contributed by atoms with Gasteiger partial charge in [-0.2, -0.15) is 9.37 Å². The first-order chi connectivity index (χ1) is 18.5. The number of hydrogen-bond acceptors (Lipinski definition) is 8. The molecule has 0 atom stereocenters. The van der Waals surface area contributed by atoms with Crippen molar-refractivity contribution in [1.82, 2.24) is 35.6 Å². The molecule has 0 aromatic carbocycles. The zero-order valence-corrected chi connectivity index (χ0v) is 21.0. The van der Waals surface area contributed by atoms with Crippen LogP contribution in [-0.4, -0.2) is 44.1 Å². The smallest absolute Gasteiger partial charge is 0.251 e. The number of fused-ring (bicyclic) bond motifs is 1. The highest BCUT2D eigenvalue weighted by atomic mass is 35.5. The fourth-order valence-electron chi connectivity index (χ4n) is 4.73. The molecule has 5 heterocycles. The molecule has 196 valence electrons. The van der Waals surface area contributed by atoms with Gasteiger partial charge in [0.15, 0.2) is 28.4 Å². The molecule has 12 heteroatoms. The van der Waals surface area contributed by atoms with Gasteiger partial charge in [0, 0.05) is 42.0 Å². The van der Waals surface area contributed by atoms with Crippen molar-refractivity contribution in [2.45, 2.75) is 44.2 Å². The standard InChI is InChI=1S/C26H24ClF3N8/c27-23-22-21(16(11-34-23)13-1-2-13)19(12-33-15-4-6-31-7-5-15)35-25(37-22)14-3-8-32-20(9-14)36-26-18(29)10-17(28)24(30)38-26/h3,8-11,13,15,31,33H,1-2,4-7,12H2,(H,32,36,38). The minimum Gasteiger partial charge on any atom is -0.322 e. The van der Waals surface area contributed by atoms with E-state index in [4.69, 9.17) is 21.6 Å². The van der Waals surface area contributed by atoms with E-state index in [2.05, 4.69) is 30.9 Å². The zero-order valence-electron chi connectivity index (χ0n) is 20.2. The van der Waals surface area contributed by atoms with Crippen LogP contribution in [-0.2, 0) is 6.54 Å². The van der Waals surface area contributed by atoms with Crippen LogP contribution in [0, 0.1) is 17.6 Å². The van der Waals surface area contributed by atoms with Gasteiger partial charge in [0.1, 0.15) is 11.3 Å². The summed E-state index contributed by atoms with van der Waals surface area (Å²) in [6.07, 6.45) is 7.56. The number of aromatic nitrogens is 5. The molecule has 1 saturated heterocycles. The summed E-state index contributed by atoms with van der Waals surface area (Å²) >= 11 is 6.55. The monoisotopic (exact) mass is 540 g/mol. The number of hydrogen-bond donors (Lipinski definition) is 3. The maximum atomic E-state index is 14.1. The minimum atomic E-state index is -1.41. The summed E-state index contributed by atoms with van der Waals surface area (Å²) in [6, 6.07) is 4.09. The number of nitrogens with one attached hydrogen (secondary N) is 3. The van der Waals surface area contributed by atoms with E-state index >= 15 is 0 Å². The lowest BCUT2D eigenvalue weighted by Gasteiger charge is -2.24. The van der Waals surface area contributed by atoms with Crippen molar-refractivity contribution in [3.63, 3.8) is 0 Å². The highest BCUT2D eigenvalue weighted by Gasteiger charge is 2.29. The van der Waals surface area contributed by atoms with Gasteiger partial charge in [-0.15, -0.1) is 0 Å². The van der Waals surface area contributed by atoms with E-state index in [-0.39, 0.29) is 11.0 Å². The average molecular weight is 541 g/mol. The fourth-order valence-corrected chi connectivity index (χ4v) is 4.92. The van der Waals surface area contributed by atoms with E-state index in [1.165, 1.54) is 6.20 Å². The van der Waals surface area contributed by atoms with E-state index in [1.54, 1.807) is 12.1 Å². The van der Waals surface area contributed by atoms with Gasteiger partial charge in [0.05, 0.1) is 5.69 Å². The van der Waals surface area contributed by atoms with E-state index in [1.807, 2.05) is 6.20 Å². The second-order valence-electron chi connectivity index (χ2n) is 9.55. The number of pyridine rings is 3. The highest BCUT2D eigenvalue weighted by Crippen LogP contribution is 2.44. The molecule has 0 radical (unpaired) electrons. The van der Waals surface area contributed by atoms with Crippen molar-refractivity contribution >= 4 is 34.1 Å². The molecule has 38 heavy (non-hydrogen) atoms. The molecule has 1 saturated carbocycles. The van der Waals surface area contributed by atoms with Gasteiger partial charge in [0.25, 0.3) is 5.95 Å². The van der Waals surface area contributed by atoms with Crippen molar-refractivity contribution in [1.29, 1.82) is 0 Å². The Bertz CT molecular complexity index is 1510. The first-order valence-corrected chi connectivity index (χ1v) is 12.9. The lowest BCUT2D eigenvalue weighted by atomic mass is 10.0. The Morgan fingerprint density at radius 2 is 1.79 bits per heavy atom. The number of piperidine rings is 1. The van der Waals surface area contributed by atoms with Gasteiger partial charge in [-0.25, -0.2) is 28.7 Å². The van der Waals surface area contributed by atoms with Crippen LogP contribution in [0.1, 0.15) is 42.9 Å². The van der Waals surface area contributed by atoms with E-state index < -0.39 is 23.4 Å². The number of rotatable bonds is 7. The third-order valence-electron chi connectivity index (χ3n) is 6.85. The quantitative estimate of drug-likeness (QED) is 0.281. The van der Waals surface area contributed by atoms with Crippen molar-refractivity contribution < 1.29 is 13.2 Å². The number of halogens is 4. The molecule has 3 N–H and O–H groups in total. The highest BCUT2D eigenvalue weighted by molar-refractivity contribution is 6.34. The van der Waals surface area contributed by atoms with Crippen molar-refractivity contribution in [3.05, 3.63) is 64.6 Å². The molecule has 4 aromatic rings. The Morgan fingerprint density at radius 1 is 0.974 bits per heavy atom. The Morgan fingerprint density at radius 3 is 2.58 bits per heavy atom. The van der Waals surface area contributed by atoms with Crippen LogP contribution in [0.5, 0.6) is 0 Å². The van der Waals surface area contributed by atoms with Crippen molar-refractivity contribution in [2.24, 2.45) is 0 Å². The van der Waals surface area contributed by atoms with Gasteiger partial charge in [-0.1, -0.05) is 11.6 Å². The van der Waals surface area contributed by atoms with E-state index in [0.29, 0.717) is 41.5 Å². The van der Waals surface area contributed by atoms with Crippen LogP contribution in [0.4, 0.5) is 24.8 Å². The third kappa shape index (κ3) is 5.13. The fraction of sp³-hybridized carbons (Fsp3) is 0.346. The molecule has 4 aromatic heterocycles. The molecule has 0 spiro atoms. The van der Waals surface area contributed by atoms with Crippen LogP contribution in [0.15, 0.2) is 30.6 Å². The third-order valence-corrected chi connectivity index (χ3v) is 7.13. The van der Waals surface area contributed by atoms with Crippen molar-refractivity contribution in [2.75, 3.05) is 18.4 Å². The van der Waals surface area contributed by atoms with Crippen LogP contribution in [0.25, 0.3) is 22.3 Å². The summed E-state index contributed by atoms with van der Waals surface area (Å²) in [5.41, 5.74) is 3.08. The first-order valence-electron chi connectivity index (χ1n) is 12.5. The largest absolute Gasteiger partial charge is 0.322 e. The molecule has 0 amide bonds. The minimum absolute atomic E-state index is 0.161. The SMILES string of the molecule is Fc1cc(F)c(Nc2cc(-c3nc(CNC4CCNCC4)c4c(C5CC5)cnc(Cl)c4n3)ccn2)nc1F. The van der Waals surface area contributed by atoms with Crippen LogP contribution in [0.2, 0.25) is 5.15 Å². The normalized spacial score (nSPS) is 16.2. The average Bonchev–Trinajstić information content (AvgIpc) is 3.77. The van der Waals surface area contributed by atoms with E-state index in [0.717, 1.165) is 55.4 Å². The van der Waals surface area contributed by atoms with Gasteiger partial charge >= 0.3 is 0 Å². The number of nitrogens with zero attached hydrogens (tertiary/aromatic N) is 5. The molecule has 8 nitrogen and oxygen atoms in total. The van der Waals surface area contributed by atoms with Crippen LogP contribution < -0.4 is 16.0 Å². The van der Waals surface area contributed by atoms with Crippen LogP contribution >= 0.6 is 11.6 Å². The zero-order chi connectivity index (χ0) is 26.2. The first kappa shape index (κ1) is 24.9. The Kier molecular flexibility index (Phi) is 6.81. The molecule has 0 unspecified atom stereocenters. The molecule has 2 fully saturated rings. The molecular formula is C26H24ClF3N8. The molecule has 2 aliphatic rings. The second-order valence-corrected chi connectivity index (χ2v) is 9.91. The lowest BCUT2D eigenvalue weighted by Crippen LogP contribution is -2.39. The number of anilines is 2. The molecule has 6 rings (SSSR count). The molecule has 1 aliphatic heterocycles. The second kappa shape index (κ2) is 10.4. The predicted octanol–water partition coefficient (Wildman–Crippen LogP) is 5.02. The predicted molar refractivity (Wildman–Crippen MR) is 138 cm³/mol. The summed E-state index contributed by atoms with van der Waals surface area (Å²) in [7, 11) is 0. The Hall–Kier alpha value is -3.41. The van der Waals surface area contributed by atoms with Gasteiger partial charge in [-0.3, -0.25) is 0 Å². The summed E-state index contributed by atoms with van der Waals surface area (Å²) < 4.78 is 41.0. The summed E-state index contributed by atoms with van der Waals surface area (Å²) in [5.74, 6) is -3.35. The summed E-state index contributed by atoms with van der Waals surface area (Å²) in [6.45, 7) is 2.48. The lowest BCUT2D eigenvalue weighted by molar-refractivity contribution is 0.385. The van der Waals surface area contributed by atoms with Gasteiger partial charge in [0.2, 0.25) is 0 Å². The maximum Gasteiger partial charge on any atom is 0.251 e. The van der Waals surface area contributed by atoms with Gasteiger partial charge < -0.3 is 16.0 Å². The topological polar surface area (TPSA) is 101 Å². The molecular weight excluding hydrogens is 517 g/mol. The van der Waals surface area contributed by atoms with Gasteiger partial charge in [-0.05, 0) is 62.4 Å². The maximum absolute atomic E-state index is 14.1. The Balaban J connectivity index is 1.39.